The van der Waals surface area contributed by atoms with Gasteiger partial charge < -0.3 is 34.5 Å². The van der Waals surface area contributed by atoms with E-state index in [-0.39, 0.29) is 6.09 Å². The average Bonchev–Trinajstić information content (AvgIpc) is 3.30. The summed E-state index contributed by atoms with van der Waals surface area (Å²) in [6.45, 7) is 20.5. The van der Waals surface area contributed by atoms with Crippen LogP contribution in [0.25, 0.3) is 0 Å². The SMILES string of the molecule is CCCCCCCC/C=C/CCCCCCCCOc1ccc(CNCCCCN(CCCCNC(=O)OC(C)(C)C)C(=O)OC(C)(C)C)cc1OCCCCCCCC/C=C/CCCCCCCC. The molecule has 1 aromatic carbocycles. The molecular weight excluding hydrogens is 871 g/mol. The van der Waals surface area contributed by atoms with Crippen molar-refractivity contribution in [1.82, 2.24) is 15.5 Å². The summed E-state index contributed by atoms with van der Waals surface area (Å²) in [6, 6.07) is 6.41. The van der Waals surface area contributed by atoms with Gasteiger partial charge in [0, 0.05) is 26.2 Å². The number of unbranched alkanes of at least 4 members (excludes halogenated alkanes) is 26. The van der Waals surface area contributed by atoms with Crippen LogP contribution in [0, 0.1) is 0 Å². The highest BCUT2D eigenvalue weighted by molar-refractivity contribution is 5.68. The molecule has 0 atom stereocenters. The molecule has 9 heteroatoms. The highest BCUT2D eigenvalue weighted by Crippen LogP contribution is 2.29. The Morgan fingerprint density at radius 1 is 0.486 bits per heavy atom. The lowest BCUT2D eigenvalue weighted by molar-refractivity contribution is 0.0242. The lowest BCUT2D eigenvalue weighted by Gasteiger charge is -2.27. The van der Waals surface area contributed by atoms with Crippen molar-refractivity contribution in [3.05, 3.63) is 48.1 Å². The molecule has 0 aliphatic rings. The number of ether oxygens (including phenoxy) is 4. The summed E-state index contributed by atoms with van der Waals surface area (Å²) in [5.41, 5.74) is 0.0822. The van der Waals surface area contributed by atoms with Crippen molar-refractivity contribution < 1.29 is 28.5 Å². The summed E-state index contributed by atoms with van der Waals surface area (Å²) >= 11 is 0. The van der Waals surface area contributed by atoms with Gasteiger partial charge in [-0.3, -0.25) is 0 Å². The second-order valence-corrected chi connectivity index (χ2v) is 21.8. The molecule has 0 aliphatic heterocycles. The van der Waals surface area contributed by atoms with E-state index in [1.165, 1.54) is 173 Å². The van der Waals surface area contributed by atoms with Crippen LogP contribution in [-0.4, -0.2) is 67.7 Å². The number of carbonyl (C=O) groups excluding carboxylic acids is 2. The van der Waals surface area contributed by atoms with E-state index >= 15 is 0 Å². The number of hydrogen-bond donors (Lipinski definition) is 2. The zero-order valence-corrected chi connectivity index (χ0v) is 47.0. The van der Waals surface area contributed by atoms with E-state index in [1.807, 2.05) is 41.5 Å². The maximum absolute atomic E-state index is 13.1. The number of nitrogens with zero attached hydrogens (tertiary/aromatic N) is 1. The molecule has 0 aromatic heterocycles. The van der Waals surface area contributed by atoms with Crippen molar-refractivity contribution >= 4 is 12.2 Å². The lowest BCUT2D eigenvalue weighted by Crippen LogP contribution is -2.38. The first-order valence-electron chi connectivity index (χ1n) is 29.2. The fourth-order valence-corrected chi connectivity index (χ4v) is 8.30. The lowest BCUT2D eigenvalue weighted by atomic mass is 10.1. The molecule has 0 radical (unpaired) electrons. The van der Waals surface area contributed by atoms with Gasteiger partial charge >= 0.3 is 12.2 Å². The van der Waals surface area contributed by atoms with E-state index in [9.17, 15) is 9.59 Å². The van der Waals surface area contributed by atoms with Gasteiger partial charge in [-0.1, -0.05) is 160 Å². The summed E-state index contributed by atoms with van der Waals surface area (Å²) in [5, 5.41) is 6.42. The summed E-state index contributed by atoms with van der Waals surface area (Å²) < 4.78 is 23.9. The van der Waals surface area contributed by atoms with Crippen LogP contribution >= 0.6 is 0 Å². The van der Waals surface area contributed by atoms with Crippen LogP contribution in [0.2, 0.25) is 0 Å². The fourth-order valence-electron chi connectivity index (χ4n) is 8.30. The van der Waals surface area contributed by atoms with Crippen molar-refractivity contribution in [3.8, 4) is 11.5 Å². The Balaban J connectivity index is 2.55. The number of alkyl carbamates (subject to hydrolysis) is 1. The van der Waals surface area contributed by atoms with Gasteiger partial charge in [0.05, 0.1) is 13.2 Å². The monoisotopic (exact) mass is 982 g/mol. The van der Waals surface area contributed by atoms with E-state index in [4.69, 9.17) is 18.9 Å². The van der Waals surface area contributed by atoms with E-state index < -0.39 is 17.3 Å². The first-order chi connectivity index (χ1) is 33.8. The number of carbonyl (C=O) groups is 2. The zero-order valence-electron chi connectivity index (χ0n) is 47.0. The molecule has 406 valence electrons. The van der Waals surface area contributed by atoms with Crippen LogP contribution in [-0.2, 0) is 16.0 Å². The first kappa shape index (κ1) is 64.8. The van der Waals surface area contributed by atoms with E-state index in [1.54, 1.807) is 4.90 Å². The molecule has 2 N–H and O–H groups in total. The predicted octanol–water partition coefficient (Wildman–Crippen LogP) is 17.9. The van der Waals surface area contributed by atoms with Crippen molar-refractivity contribution in [2.75, 3.05) is 39.4 Å². The molecule has 9 nitrogen and oxygen atoms in total. The second-order valence-electron chi connectivity index (χ2n) is 21.8. The zero-order chi connectivity index (χ0) is 51.2. The smallest absolute Gasteiger partial charge is 0.410 e. The number of allylic oxidation sites excluding steroid dienone is 4. The molecule has 0 spiro atoms. The van der Waals surface area contributed by atoms with Crippen LogP contribution in [0.5, 0.6) is 11.5 Å². The highest BCUT2D eigenvalue weighted by Gasteiger charge is 2.22. The topological polar surface area (TPSA) is 98.4 Å². The summed E-state index contributed by atoms with van der Waals surface area (Å²) in [4.78, 5) is 26.9. The van der Waals surface area contributed by atoms with Crippen molar-refractivity contribution in [3.63, 3.8) is 0 Å². The van der Waals surface area contributed by atoms with Crippen LogP contribution in [0.3, 0.4) is 0 Å². The number of nitrogens with one attached hydrogen (secondary N) is 2. The van der Waals surface area contributed by atoms with Gasteiger partial charge in [-0.2, -0.15) is 0 Å². The third kappa shape index (κ3) is 42.5. The molecule has 0 heterocycles. The summed E-state index contributed by atoms with van der Waals surface area (Å²) in [5.74, 6) is 1.70. The number of hydrogen-bond acceptors (Lipinski definition) is 7. The minimum atomic E-state index is -0.563. The van der Waals surface area contributed by atoms with Gasteiger partial charge in [0.25, 0.3) is 0 Å². The Hall–Kier alpha value is -3.20. The molecular formula is C61H111N3O6. The molecule has 1 aromatic rings. The second kappa shape index (κ2) is 44.5. The Bertz CT molecular complexity index is 1430. The van der Waals surface area contributed by atoms with Crippen LogP contribution in [0.4, 0.5) is 9.59 Å². The first-order valence-corrected chi connectivity index (χ1v) is 29.2. The Labute approximate surface area is 432 Å². The van der Waals surface area contributed by atoms with Gasteiger partial charge in [0.2, 0.25) is 0 Å². The molecule has 0 unspecified atom stereocenters. The normalized spacial score (nSPS) is 12.0. The molecule has 2 amide bonds. The maximum Gasteiger partial charge on any atom is 0.410 e. The van der Waals surface area contributed by atoms with Gasteiger partial charge in [0.15, 0.2) is 11.5 Å². The number of benzene rings is 1. The number of rotatable bonds is 46. The predicted molar refractivity (Wildman–Crippen MR) is 299 cm³/mol. The van der Waals surface area contributed by atoms with Crippen LogP contribution < -0.4 is 20.1 Å². The van der Waals surface area contributed by atoms with Gasteiger partial charge in [-0.05, 0) is 156 Å². The van der Waals surface area contributed by atoms with Crippen molar-refractivity contribution in [2.45, 2.75) is 279 Å². The summed E-state index contributed by atoms with van der Waals surface area (Å²) in [7, 11) is 0. The Kier molecular flexibility index (Phi) is 41.2. The number of amides is 2. The third-order valence-corrected chi connectivity index (χ3v) is 12.4. The Morgan fingerprint density at radius 2 is 0.900 bits per heavy atom. The molecule has 0 bridgehead atoms. The molecule has 70 heavy (non-hydrogen) atoms. The fraction of sp³-hybridized carbons (Fsp3) is 0.803. The molecule has 0 fully saturated rings. The molecule has 0 aliphatic carbocycles. The highest BCUT2D eigenvalue weighted by atomic mass is 16.6. The summed E-state index contributed by atoms with van der Waals surface area (Å²) in [6.07, 6.45) is 48.5. The third-order valence-electron chi connectivity index (χ3n) is 12.4. The van der Waals surface area contributed by atoms with Gasteiger partial charge in [-0.25, -0.2) is 9.59 Å². The standard InChI is InChI=1S/C61H111N3O6/c1-9-11-13-15-17-19-21-23-25-27-29-31-33-35-37-43-51-67-56-46-45-55(53-57(56)68-52-44-38-36-34-32-30-28-26-24-22-20-18-16-14-12-10-2)54-62-47-39-41-49-64(59(66)70-61(6,7)8)50-42-40-48-63-58(65)69-60(3,4)5/h23-26,45-46,53,62H,9-22,27-44,47-52,54H2,1-8H3,(H,63,65)/b25-23+,26-24+. The van der Waals surface area contributed by atoms with E-state index in [0.29, 0.717) is 32.8 Å². The average molecular weight is 983 g/mol. The molecule has 0 saturated heterocycles. The Morgan fingerprint density at radius 3 is 1.36 bits per heavy atom. The molecule has 0 saturated carbocycles. The molecule has 1 rings (SSSR count). The van der Waals surface area contributed by atoms with E-state index in [2.05, 4.69) is 67.0 Å². The van der Waals surface area contributed by atoms with Crippen molar-refractivity contribution in [1.29, 1.82) is 0 Å². The quantitative estimate of drug-likeness (QED) is 0.0496. The van der Waals surface area contributed by atoms with Gasteiger partial charge in [-0.15, -0.1) is 0 Å². The maximum atomic E-state index is 13.1. The largest absolute Gasteiger partial charge is 0.490 e. The van der Waals surface area contributed by atoms with Crippen LogP contribution in [0.15, 0.2) is 42.5 Å². The van der Waals surface area contributed by atoms with Crippen LogP contribution in [0.1, 0.15) is 266 Å². The van der Waals surface area contributed by atoms with E-state index in [0.717, 1.165) is 63.1 Å². The minimum absolute atomic E-state index is 0.291. The van der Waals surface area contributed by atoms with Gasteiger partial charge in [0.1, 0.15) is 11.2 Å². The van der Waals surface area contributed by atoms with Crippen molar-refractivity contribution in [2.24, 2.45) is 0 Å². The minimum Gasteiger partial charge on any atom is -0.490 e.